The van der Waals surface area contributed by atoms with Gasteiger partial charge >= 0.3 is 11.6 Å². The summed E-state index contributed by atoms with van der Waals surface area (Å²) in [5.74, 6) is 1.18. The number of benzene rings is 1. The monoisotopic (exact) mass is 376 g/mol. The summed E-state index contributed by atoms with van der Waals surface area (Å²) in [6.07, 6.45) is 3.41. The lowest BCUT2D eigenvalue weighted by molar-refractivity contribution is -0.385. The Hall–Kier alpha value is -2.41. The fourth-order valence-electron chi connectivity index (χ4n) is 3.28. The molecule has 3 rings (SSSR count). The van der Waals surface area contributed by atoms with E-state index in [0.717, 1.165) is 37.1 Å². The first-order valence-electron chi connectivity index (χ1n) is 8.55. The van der Waals surface area contributed by atoms with E-state index in [1.165, 1.54) is 6.33 Å². The number of nitrogens with zero attached hydrogens (tertiary/aromatic N) is 4. The molecule has 26 heavy (non-hydrogen) atoms. The molecule has 0 bridgehead atoms. The minimum absolute atomic E-state index is 0.0562. The number of ether oxygens (including phenoxy) is 1. The normalized spacial score (nSPS) is 17.2. The predicted molar refractivity (Wildman–Crippen MR) is 100 cm³/mol. The number of aromatic nitrogens is 2. The molecule has 1 aromatic carbocycles. The molecule has 1 unspecified atom stereocenters. The van der Waals surface area contributed by atoms with Crippen LogP contribution in [0.4, 0.5) is 11.5 Å². The average Bonchev–Trinajstić information content (AvgIpc) is 2.59. The number of piperidine rings is 1. The number of nitro groups is 1. The summed E-state index contributed by atoms with van der Waals surface area (Å²) in [6.45, 7) is 7.32. The standard InChI is InChI=1S/C18H21ClN4O3/c1-11-5-4-6-22(9-11)17-16(23(24)25)18(21-10-20-17)26-14-7-12(2)15(19)13(3)8-14/h7-8,10-11H,4-6,9H2,1-3H3. The van der Waals surface area contributed by atoms with E-state index in [1.807, 2.05) is 18.7 Å². The molecule has 2 aromatic rings. The molecule has 8 heteroatoms. The van der Waals surface area contributed by atoms with Crippen LogP contribution >= 0.6 is 11.6 Å². The number of hydrogen-bond acceptors (Lipinski definition) is 6. The van der Waals surface area contributed by atoms with E-state index in [1.54, 1.807) is 12.1 Å². The Balaban J connectivity index is 2.00. The molecule has 1 fully saturated rings. The molecule has 0 radical (unpaired) electrons. The van der Waals surface area contributed by atoms with E-state index >= 15 is 0 Å². The van der Waals surface area contributed by atoms with Crippen molar-refractivity contribution in [2.75, 3.05) is 18.0 Å². The molecular formula is C18H21ClN4O3. The summed E-state index contributed by atoms with van der Waals surface area (Å²) in [5, 5.41) is 12.4. The summed E-state index contributed by atoms with van der Waals surface area (Å²) in [5.41, 5.74) is 1.47. The van der Waals surface area contributed by atoms with Crippen LogP contribution in [0.3, 0.4) is 0 Å². The summed E-state index contributed by atoms with van der Waals surface area (Å²) in [6, 6.07) is 3.48. The van der Waals surface area contributed by atoms with Gasteiger partial charge in [-0.3, -0.25) is 10.1 Å². The van der Waals surface area contributed by atoms with Crippen molar-refractivity contribution in [3.05, 3.63) is 44.7 Å². The fourth-order valence-corrected chi connectivity index (χ4v) is 3.39. The third kappa shape index (κ3) is 3.72. The maximum Gasteiger partial charge on any atom is 0.373 e. The maximum atomic E-state index is 11.7. The highest BCUT2D eigenvalue weighted by molar-refractivity contribution is 6.32. The minimum Gasteiger partial charge on any atom is -0.434 e. The van der Waals surface area contributed by atoms with E-state index in [0.29, 0.717) is 22.5 Å². The highest BCUT2D eigenvalue weighted by Gasteiger charge is 2.30. The highest BCUT2D eigenvalue weighted by Crippen LogP contribution is 2.38. The topological polar surface area (TPSA) is 81.4 Å². The van der Waals surface area contributed by atoms with Crippen molar-refractivity contribution in [1.29, 1.82) is 0 Å². The first-order chi connectivity index (χ1) is 12.4. The van der Waals surface area contributed by atoms with Crippen LogP contribution in [0.15, 0.2) is 18.5 Å². The van der Waals surface area contributed by atoms with Crippen molar-refractivity contribution in [1.82, 2.24) is 9.97 Å². The van der Waals surface area contributed by atoms with Gasteiger partial charge in [-0.25, -0.2) is 4.98 Å². The first-order valence-corrected chi connectivity index (χ1v) is 8.93. The molecule has 0 spiro atoms. The quantitative estimate of drug-likeness (QED) is 0.569. The predicted octanol–water partition coefficient (Wildman–Crippen LogP) is 4.68. The summed E-state index contributed by atoms with van der Waals surface area (Å²) >= 11 is 6.18. The van der Waals surface area contributed by atoms with Crippen LogP contribution in [0, 0.1) is 29.9 Å². The Labute approximate surface area is 157 Å². The van der Waals surface area contributed by atoms with Gasteiger partial charge in [0.25, 0.3) is 0 Å². The Morgan fingerprint density at radius 2 is 2.00 bits per heavy atom. The number of halogens is 1. The zero-order valence-electron chi connectivity index (χ0n) is 15.0. The van der Waals surface area contributed by atoms with Crippen LogP contribution in [0.1, 0.15) is 30.9 Å². The van der Waals surface area contributed by atoms with Crippen LogP contribution in [0.5, 0.6) is 11.6 Å². The Morgan fingerprint density at radius 3 is 2.62 bits per heavy atom. The van der Waals surface area contributed by atoms with Crippen molar-refractivity contribution in [3.63, 3.8) is 0 Å². The van der Waals surface area contributed by atoms with Crippen molar-refractivity contribution in [2.24, 2.45) is 5.92 Å². The molecule has 0 saturated carbocycles. The van der Waals surface area contributed by atoms with Gasteiger partial charge in [-0.05, 0) is 55.9 Å². The molecule has 1 aliphatic rings. The molecule has 1 aromatic heterocycles. The van der Waals surface area contributed by atoms with Gasteiger partial charge in [-0.1, -0.05) is 18.5 Å². The molecule has 0 N–H and O–H groups in total. The fraction of sp³-hybridized carbons (Fsp3) is 0.444. The molecule has 7 nitrogen and oxygen atoms in total. The van der Waals surface area contributed by atoms with Crippen molar-refractivity contribution in [2.45, 2.75) is 33.6 Å². The molecule has 1 aliphatic heterocycles. The zero-order chi connectivity index (χ0) is 18.8. The Bertz CT molecular complexity index is 820. The van der Waals surface area contributed by atoms with Gasteiger partial charge in [0.2, 0.25) is 5.82 Å². The first kappa shape index (κ1) is 18.4. The number of anilines is 1. The molecule has 138 valence electrons. The lowest BCUT2D eigenvalue weighted by Gasteiger charge is -2.31. The van der Waals surface area contributed by atoms with Crippen molar-refractivity contribution >= 4 is 23.1 Å². The largest absolute Gasteiger partial charge is 0.434 e. The van der Waals surface area contributed by atoms with Gasteiger partial charge in [0.1, 0.15) is 12.1 Å². The Kier molecular flexibility index (Phi) is 5.27. The van der Waals surface area contributed by atoms with E-state index in [-0.39, 0.29) is 11.6 Å². The van der Waals surface area contributed by atoms with Gasteiger partial charge in [0.05, 0.1) is 4.92 Å². The lowest BCUT2D eigenvalue weighted by atomic mass is 10.0. The third-order valence-electron chi connectivity index (χ3n) is 4.53. The van der Waals surface area contributed by atoms with Crippen LogP contribution in [0.25, 0.3) is 0 Å². The van der Waals surface area contributed by atoms with Crippen LogP contribution in [-0.4, -0.2) is 28.0 Å². The van der Waals surface area contributed by atoms with E-state index < -0.39 is 4.92 Å². The zero-order valence-corrected chi connectivity index (χ0v) is 15.8. The molecule has 0 amide bonds. The number of aryl methyl sites for hydroxylation is 2. The molecule has 2 heterocycles. The maximum absolute atomic E-state index is 11.7. The highest BCUT2D eigenvalue weighted by atomic mass is 35.5. The number of rotatable bonds is 4. The molecule has 1 atom stereocenters. The van der Waals surface area contributed by atoms with Gasteiger partial charge in [-0.15, -0.1) is 0 Å². The van der Waals surface area contributed by atoms with E-state index in [2.05, 4.69) is 16.9 Å². The third-order valence-corrected chi connectivity index (χ3v) is 5.13. The molecule has 1 saturated heterocycles. The molecular weight excluding hydrogens is 356 g/mol. The minimum atomic E-state index is -0.473. The smallest absolute Gasteiger partial charge is 0.373 e. The number of hydrogen-bond donors (Lipinski definition) is 0. The molecule has 0 aliphatic carbocycles. The van der Waals surface area contributed by atoms with Crippen LogP contribution in [0.2, 0.25) is 5.02 Å². The van der Waals surface area contributed by atoms with Crippen molar-refractivity contribution in [3.8, 4) is 11.6 Å². The SMILES string of the molecule is Cc1cc(Oc2ncnc(N3CCCC(C)C3)c2[N+](=O)[O-])cc(C)c1Cl. The summed E-state index contributed by atoms with van der Waals surface area (Å²) in [7, 11) is 0. The Morgan fingerprint density at radius 1 is 1.31 bits per heavy atom. The summed E-state index contributed by atoms with van der Waals surface area (Å²) < 4.78 is 5.77. The van der Waals surface area contributed by atoms with Gasteiger partial charge in [0.15, 0.2) is 0 Å². The van der Waals surface area contributed by atoms with Gasteiger partial charge in [0, 0.05) is 18.1 Å². The van der Waals surface area contributed by atoms with E-state index in [9.17, 15) is 10.1 Å². The van der Waals surface area contributed by atoms with Crippen LogP contribution < -0.4 is 9.64 Å². The second-order valence-electron chi connectivity index (χ2n) is 6.77. The lowest BCUT2D eigenvalue weighted by Crippen LogP contribution is -2.35. The van der Waals surface area contributed by atoms with Crippen molar-refractivity contribution < 1.29 is 9.66 Å². The second kappa shape index (κ2) is 7.45. The average molecular weight is 377 g/mol. The summed E-state index contributed by atoms with van der Waals surface area (Å²) in [4.78, 5) is 21.4. The van der Waals surface area contributed by atoms with Gasteiger partial charge < -0.3 is 9.64 Å². The van der Waals surface area contributed by atoms with E-state index in [4.69, 9.17) is 16.3 Å². The van der Waals surface area contributed by atoms with Crippen LogP contribution in [-0.2, 0) is 0 Å². The van der Waals surface area contributed by atoms with Gasteiger partial charge in [-0.2, -0.15) is 4.98 Å². The second-order valence-corrected chi connectivity index (χ2v) is 7.15.